The topological polar surface area (TPSA) is 18.0 Å². The monoisotopic (exact) mass is 362 g/mol. The highest BCUT2D eigenvalue weighted by Gasteiger charge is 2.25. The molecule has 134 valence electrons. The molecule has 1 aromatic heterocycles. The number of fused-ring (bicyclic) bond motifs is 4. The molecule has 3 heteroatoms. The molecule has 0 unspecified atom stereocenters. The predicted octanol–water partition coefficient (Wildman–Crippen LogP) is 5.58. The lowest BCUT2D eigenvalue weighted by Crippen LogP contribution is -2.32. The largest absolute Gasteiger partial charge is 0.464 e. The molecule has 0 spiro atoms. The minimum Gasteiger partial charge on any atom is -0.464 e. The van der Waals surface area contributed by atoms with Gasteiger partial charge in [0.1, 0.15) is 22.7 Å². The van der Waals surface area contributed by atoms with E-state index in [-0.39, 0.29) is 0 Å². The summed E-state index contributed by atoms with van der Waals surface area (Å²) in [4.78, 5) is 0. The summed E-state index contributed by atoms with van der Waals surface area (Å²) in [5, 5.41) is 2.29. The fourth-order valence-corrected chi connectivity index (χ4v) is 4.33. The zero-order chi connectivity index (χ0) is 18.8. The third-order valence-corrected chi connectivity index (χ3v) is 5.62. The Labute approximate surface area is 163 Å². The Morgan fingerprint density at radius 3 is 2.46 bits per heavy atom. The van der Waals surface area contributed by atoms with Crippen molar-refractivity contribution in [1.82, 2.24) is 4.57 Å². The normalized spacial score (nSPS) is 12.2. The minimum absolute atomic E-state index is 0.864. The first-order chi connectivity index (χ1) is 13.7. The fourth-order valence-electron chi connectivity index (χ4n) is 4.33. The Kier molecular flexibility index (Phi) is 3.01. The van der Waals surface area contributed by atoms with Gasteiger partial charge in [-0.25, -0.2) is 0 Å². The lowest BCUT2D eigenvalue weighted by Gasteiger charge is -2.21. The number of aromatic nitrogens is 2. The molecule has 5 aromatic rings. The highest BCUT2D eigenvalue weighted by molar-refractivity contribution is 5.93. The Morgan fingerprint density at radius 1 is 0.821 bits per heavy atom. The van der Waals surface area contributed by atoms with Gasteiger partial charge in [-0.05, 0) is 42.5 Å². The van der Waals surface area contributed by atoms with Gasteiger partial charge in [-0.15, -0.1) is 0 Å². The van der Waals surface area contributed by atoms with Crippen molar-refractivity contribution in [3.05, 3.63) is 90.3 Å². The number of benzene rings is 4. The van der Waals surface area contributed by atoms with Gasteiger partial charge in [0.25, 0.3) is 6.33 Å². The first kappa shape index (κ1) is 15.5. The fraction of sp³-hybridized carbons (Fsp3) is 0.0800. The number of nitrogens with zero attached hydrogens (tertiary/aromatic N) is 2. The molecule has 4 aromatic carbocycles. The van der Waals surface area contributed by atoms with Gasteiger partial charge in [-0.2, -0.15) is 0 Å². The van der Waals surface area contributed by atoms with Crippen LogP contribution < -0.4 is 9.30 Å². The summed E-state index contributed by atoms with van der Waals surface area (Å²) in [6.07, 6.45) is 3.60. The molecule has 0 saturated heterocycles. The molecule has 0 N–H and O–H groups in total. The van der Waals surface area contributed by atoms with Crippen LogP contribution in [-0.4, -0.2) is 4.57 Å². The SMILES string of the molecule is Cc1cccc(C)c1-n1[c-][n+]2c3c(cccc31)Oc1c-2ccc2ccccc12. The van der Waals surface area contributed by atoms with Crippen molar-refractivity contribution >= 4 is 21.8 Å². The van der Waals surface area contributed by atoms with E-state index in [1.54, 1.807) is 0 Å². The van der Waals surface area contributed by atoms with Gasteiger partial charge in [0.2, 0.25) is 0 Å². The van der Waals surface area contributed by atoms with Crippen LogP contribution in [0.1, 0.15) is 11.1 Å². The number of imidazole rings is 1. The van der Waals surface area contributed by atoms with Crippen molar-refractivity contribution in [2.75, 3.05) is 0 Å². The van der Waals surface area contributed by atoms with E-state index in [0.717, 1.165) is 33.6 Å². The van der Waals surface area contributed by atoms with Crippen LogP contribution in [0, 0.1) is 20.2 Å². The van der Waals surface area contributed by atoms with E-state index in [2.05, 4.69) is 96.0 Å². The van der Waals surface area contributed by atoms with Crippen LogP contribution in [0.2, 0.25) is 0 Å². The summed E-state index contributed by atoms with van der Waals surface area (Å²) in [5.41, 5.74) is 6.79. The molecular weight excluding hydrogens is 344 g/mol. The first-order valence-corrected chi connectivity index (χ1v) is 9.48. The first-order valence-electron chi connectivity index (χ1n) is 9.48. The summed E-state index contributed by atoms with van der Waals surface area (Å²) < 4.78 is 10.7. The van der Waals surface area contributed by atoms with Gasteiger partial charge >= 0.3 is 0 Å². The maximum absolute atomic E-state index is 6.42. The van der Waals surface area contributed by atoms with Crippen molar-refractivity contribution in [3.8, 4) is 22.9 Å². The van der Waals surface area contributed by atoms with Gasteiger partial charge in [-0.3, -0.25) is 9.13 Å². The van der Waals surface area contributed by atoms with Crippen LogP contribution >= 0.6 is 0 Å². The molecule has 28 heavy (non-hydrogen) atoms. The summed E-state index contributed by atoms with van der Waals surface area (Å²) in [6.45, 7) is 4.29. The van der Waals surface area contributed by atoms with Crippen molar-refractivity contribution < 1.29 is 9.30 Å². The number of para-hydroxylation sites is 2. The van der Waals surface area contributed by atoms with Crippen molar-refractivity contribution in [2.45, 2.75) is 13.8 Å². The third kappa shape index (κ3) is 1.96. The predicted molar refractivity (Wildman–Crippen MR) is 111 cm³/mol. The second kappa shape index (κ2) is 5.46. The van der Waals surface area contributed by atoms with E-state index in [4.69, 9.17) is 4.74 Å². The van der Waals surface area contributed by atoms with Gasteiger partial charge in [0.05, 0.1) is 11.2 Å². The molecule has 1 aliphatic heterocycles. The number of hydrogen-bond donors (Lipinski definition) is 0. The lowest BCUT2D eigenvalue weighted by molar-refractivity contribution is -0.575. The van der Waals surface area contributed by atoms with E-state index >= 15 is 0 Å². The standard InChI is InChI=1S/C25H18N2O/c1-16-7-5-8-17(2)23(16)26-15-27-21-14-13-18-9-3-4-10-19(18)25(21)28-22-12-6-11-20(26)24(22)27/h3-14H,1-2H3. The summed E-state index contributed by atoms with van der Waals surface area (Å²) in [7, 11) is 0. The van der Waals surface area contributed by atoms with Crippen LogP contribution in [0.5, 0.6) is 11.5 Å². The van der Waals surface area contributed by atoms with E-state index in [1.165, 1.54) is 22.2 Å². The van der Waals surface area contributed by atoms with Crippen molar-refractivity contribution in [3.63, 3.8) is 0 Å². The second-order valence-corrected chi connectivity index (χ2v) is 7.37. The Bertz CT molecular complexity index is 1390. The van der Waals surface area contributed by atoms with Crippen molar-refractivity contribution in [1.29, 1.82) is 0 Å². The molecule has 2 heterocycles. The van der Waals surface area contributed by atoms with Crippen LogP contribution in [0.25, 0.3) is 33.2 Å². The molecule has 0 saturated carbocycles. The summed E-state index contributed by atoms with van der Waals surface area (Å²) in [6, 6.07) is 25.2. The molecule has 0 radical (unpaired) electrons. The third-order valence-electron chi connectivity index (χ3n) is 5.62. The molecular formula is C25H18N2O. The van der Waals surface area contributed by atoms with Gasteiger partial charge in [0.15, 0.2) is 0 Å². The Balaban J connectivity index is 1.74. The molecule has 0 amide bonds. The van der Waals surface area contributed by atoms with E-state index in [0.29, 0.717) is 0 Å². The number of rotatable bonds is 1. The van der Waals surface area contributed by atoms with E-state index in [9.17, 15) is 0 Å². The van der Waals surface area contributed by atoms with Crippen LogP contribution in [0.4, 0.5) is 0 Å². The maximum Gasteiger partial charge on any atom is 0.270 e. The molecule has 1 aliphatic rings. The van der Waals surface area contributed by atoms with Crippen LogP contribution in [0.15, 0.2) is 72.8 Å². The van der Waals surface area contributed by atoms with Crippen LogP contribution in [0.3, 0.4) is 0 Å². The zero-order valence-corrected chi connectivity index (χ0v) is 15.7. The Hall–Kier alpha value is -3.59. The number of ether oxygens (including phenoxy) is 1. The average Bonchev–Trinajstić information content (AvgIpc) is 3.09. The average molecular weight is 362 g/mol. The smallest absolute Gasteiger partial charge is 0.270 e. The molecule has 0 aliphatic carbocycles. The van der Waals surface area contributed by atoms with E-state index < -0.39 is 0 Å². The molecule has 0 atom stereocenters. The quantitative estimate of drug-likeness (QED) is 0.276. The Morgan fingerprint density at radius 2 is 1.61 bits per heavy atom. The summed E-state index contributed by atoms with van der Waals surface area (Å²) in [5.74, 6) is 1.75. The van der Waals surface area contributed by atoms with Gasteiger partial charge in [0, 0.05) is 5.39 Å². The van der Waals surface area contributed by atoms with Gasteiger partial charge in [-0.1, -0.05) is 60.7 Å². The summed E-state index contributed by atoms with van der Waals surface area (Å²) >= 11 is 0. The number of hydrogen-bond acceptors (Lipinski definition) is 1. The highest BCUT2D eigenvalue weighted by Crippen LogP contribution is 2.41. The van der Waals surface area contributed by atoms with Crippen molar-refractivity contribution in [2.24, 2.45) is 0 Å². The second-order valence-electron chi connectivity index (χ2n) is 7.37. The lowest BCUT2D eigenvalue weighted by atomic mass is 10.1. The van der Waals surface area contributed by atoms with E-state index in [1.807, 2.05) is 6.07 Å². The number of aryl methyl sites for hydroxylation is 2. The van der Waals surface area contributed by atoms with Crippen LogP contribution in [-0.2, 0) is 0 Å². The molecule has 6 rings (SSSR count). The zero-order valence-electron chi connectivity index (χ0n) is 15.7. The molecule has 0 bridgehead atoms. The highest BCUT2D eigenvalue weighted by atomic mass is 16.5. The minimum atomic E-state index is 0.864. The molecule has 0 fully saturated rings. The van der Waals surface area contributed by atoms with Gasteiger partial charge < -0.3 is 4.74 Å². The maximum atomic E-state index is 6.42. The molecule has 3 nitrogen and oxygen atoms in total.